The highest BCUT2D eigenvalue weighted by molar-refractivity contribution is 5.89. The molecule has 2 amide bonds. The lowest BCUT2D eigenvalue weighted by Gasteiger charge is -2.23. The molecule has 2 rings (SSSR count). The van der Waals surface area contributed by atoms with Crippen molar-refractivity contribution in [2.75, 3.05) is 12.4 Å². The molecule has 0 aromatic heterocycles. The van der Waals surface area contributed by atoms with E-state index in [1.54, 1.807) is 7.11 Å². The number of hydrogen-bond donors (Lipinski definition) is 2. The second-order valence-electron chi connectivity index (χ2n) is 5.46. The van der Waals surface area contributed by atoms with Crippen LogP contribution in [0.5, 0.6) is 5.75 Å². The molecule has 0 aliphatic rings. The first-order chi connectivity index (χ1) is 10.6. The molecule has 0 unspecified atom stereocenters. The van der Waals surface area contributed by atoms with Crippen LogP contribution in [0.15, 0.2) is 54.6 Å². The number of carbonyl (C=O) groups is 1. The lowest BCUT2D eigenvalue weighted by atomic mass is 9.96. The van der Waals surface area contributed by atoms with Gasteiger partial charge in [0, 0.05) is 5.69 Å². The standard InChI is InChI=1S/C18H22N2O2/c1-13(2)17(14-9-11-16(22-3)12-10-14)20-18(21)19-15-7-5-4-6-8-15/h4-13,17H,1-3H3,(H2,19,20,21)/t17-/m1/s1. The van der Waals surface area contributed by atoms with E-state index in [-0.39, 0.29) is 18.0 Å². The van der Waals surface area contributed by atoms with Crippen LogP contribution in [0.1, 0.15) is 25.5 Å². The van der Waals surface area contributed by atoms with E-state index >= 15 is 0 Å². The fraction of sp³-hybridized carbons (Fsp3) is 0.278. The van der Waals surface area contributed by atoms with Crippen LogP contribution in [0.3, 0.4) is 0 Å². The number of amides is 2. The maximum Gasteiger partial charge on any atom is 0.319 e. The molecule has 2 N–H and O–H groups in total. The third-order valence-electron chi connectivity index (χ3n) is 3.46. The van der Waals surface area contributed by atoms with E-state index < -0.39 is 0 Å². The van der Waals surface area contributed by atoms with Crippen molar-refractivity contribution in [2.45, 2.75) is 19.9 Å². The van der Waals surface area contributed by atoms with E-state index in [1.165, 1.54) is 0 Å². The first-order valence-electron chi connectivity index (χ1n) is 7.36. The van der Waals surface area contributed by atoms with Crippen LogP contribution >= 0.6 is 0 Å². The first-order valence-corrected chi connectivity index (χ1v) is 7.36. The van der Waals surface area contributed by atoms with Crippen molar-refractivity contribution in [3.63, 3.8) is 0 Å². The summed E-state index contributed by atoms with van der Waals surface area (Å²) in [5.74, 6) is 1.08. The third-order valence-corrected chi connectivity index (χ3v) is 3.46. The molecule has 4 nitrogen and oxygen atoms in total. The zero-order valence-electron chi connectivity index (χ0n) is 13.2. The Bertz CT molecular complexity index is 594. The van der Waals surface area contributed by atoms with Crippen molar-refractivity contribution >= 4 is 11.7 Å². The number of para-hydroxylation sites is 1. The maximum atomic E-state index is 12.2. The minimum Gasteiger partial charge on any atom is -0.497 e. The van der Waals surface area contributed by atoms with Gasteiger partial charge in [-0.1, -0.05) is 44.2 Å². The molecule has 4 heteroatoms. The fourth-order valence-electron chi connectivity index (χ4n) is 2.28. The van der Waals surface area contributed by atoms with E-state index in [2.05, 4.69) is 24.5 Å². The van der Waals surface area contributed by atoms with Crippen LogP contribution in [0.25, 0.3) is 0 Å². The second kappa shape index (κ2) is 7.50. The molecule has 0 fully saturated rings. The second-order valence-corrected chi connectivity index (χ2v) is 5.46. The minimum absolute atomic E-state index is 0.0605. The average molecular weight is 298 g/mol. The Morgan fingerprint density at radius 2 is 1.64 bits per heavy atom. The van der Waals surface area contributed by atoms with Crippen molar-refractivity contribution in [3.8, 4) is 5.75 Å². The number of benzene rings is 2. The number of anilines is 1. The Morgan fingerprint density at radius 3 is 2.18 bits per heavy atom. The molecule has 0 saturated heterocycles. The van der Waals surface area contributed by atoms with Crippen molar-refractivity contribution in [1.82, 2.24) is 5.32 Å². The molecule has 0 heterocycles. The van der Waals surface area contributed by atoms with Gasteiger partial charge in [-0.05, 0) is 35.7 Å². The highest BCUT2D eigenvalue weighted by atomic mass is 16.5. The summed E-state index contributed by atoms with van der Waals surface area (Å²) in [5.41, 5.74) is 1.83. The van der Waals surface area contributed by atoms with Crippen molar-refractivity contribution in [3.05, 3.63) is 60.2 Å². The number of rotatable bonds is 5. The molecule has 1 atom stereocenters. The average Bonchev–Trinajstić information content (AvgIpc) is 2.53. The van der Waals surface area contributed by atoms with Gasteiger partial charge in [-0.25, -0.2) is 4.79 Å². The van der Waals surface area contributed by atoms with Crippen LogP contribution in [0, 0.1) is 5.92 Å². The monoisotopic (exact) mass is 298 g/mol. The Hall–Kier alpha value is -2.49. The Balaban J connectivity index is 2.06. The SMILES string of the molecule is COc1ccc([C@H](NC(=O)Nc2ccccc2)C(C)C)cc1. The largest absolute Gasteiger partial charge is 0.497 e. The van der Waals surface area contributed by atoms with Crippen LogP contribution in [0.2, 0.25) is 0 Å². The summed E-state index contributed by atoms with van der Waals surface area (Å²) in [6.45, 7) is 4.16. The number of ether oxygens (including phenoxy) is 1. The van der Waals surface area contributed by atoms with Crippen molar-refractivity contribution < 1.29 is 9.53 Å². The van der Waals surface area contributed by atoms with Gasteiger partial charge in [0.25, 0.3) is 0 Å². The van der Waals surface area contributed by atoms with Gasteiger partial charge in [0.15, 0.2) is 0 Å². The van der Waals surface area contributed by atoms with E-state index in [9.17, 15) is 4.79 Å². The van der Waals surface area contributed by atoms with Crippen LogP contribution in [0.4, 0.5) is 10.5 Å². The van der Waals surface area contributed by atoms with Crippen LogP contribution < -0.4 is 15.4 Å². The number of hydrogen-bond acceptors (Lipinski definition) is 2. The Morgan fingerprint density at radius 1 is 1.00 bits per heavy atom. The number of urea groups is 1. The molecule has 2 aromatic carbocycles. The Labute approximate surface area is 131 Å². The van der Waals surface area contributed by atoms with E-state index in [0.29, 0.717) is 0 Å². The molecular weight excluding hydrogens is 276 g/mol. The first kappa shape index (κ1) is 15.9. The summed E-state index contributed by atoms with van der Waals surface area (Å²) < 4.78 is 5.17. The van der Waals surface area contributed by atoms with Crippen LogP contribution in [-0.2, 0) is 0 Å². The van der Waals surface area contributed by atoms with Gasteiger partial charge in [0.2, 0.25) is 0 Å². The molecule has 22 heavy (non-hydrogen) atoms. The van der Waals surface area contributed by atoms with Crippen LogP contribution in [-0.4, -0.2) is 13.1 Å². The van der Waals surface area contributed by atoms with Gasteiger partial charge in [-0.15, -0.1) is 0 Å². The zero-order valence-corrected chi connectivity index (χ0v) is 13.2. The summed E-state index contributed by atoms with van der Waals surface area (Å²) in [6, 6.07) is 16.9. The Kier molecular flexibility index (Phi) is 5.42. The number of nitrogens with one attached hydrogen (secondary N) is 2. The van der Waals surface area contributed by atoms with Gasteiger partial charge in [0.1, 0.15) is 5.75 Å². The lowest BCUT2D eigenvalue weighted by molar-refractivity contribution is 0.244. The molecule has 0 aliphatic heterocycles. The summed E-state index contributed by atoms with van der Waals surface area (Å²) in [6.07, 6.45) is 0. The molecule has 0 aliphatic carbocycles. The predicted octanol–water partition coefficient (Wildman–Crippen LogP) is 4.21. The van der Waals surface area contributed by atoms with Crippen molar-refractivity contribution in [1.29, 1.82) is 0 Å². The smallest absolute Gasteiger partial charge is 0.319 e. The van der Waals surface area contributed by atoms with Crippen molar-refractivity contribution in [2.24, 2.45) is 5.92 Å². The quantitative estimate of drug-likeness (QED) is 0.868. The van der Waals surface area contributed by atoms with Gasteiger partial charge >= 0.3 is 6.03 Å². The predicted molar refractivity (Wildman–Crippen MR) is 89.2 cm³/mol. The highest BCUT2D eigenvalue weighted by Gasteiger charge is 2.18. The topological polar surface area (TPSA) is 50.4 Å². The normalized spacial score (nSPS) is 11.8. The summed E-state index contributed by atoms with van der Waals surface area (Å²) in [4.78, 5) is 12.2. The molecule has 116 valence electrons. The summed E-state index contributed by atoms with van der Waals surface area (Å²) in [7, 11) is 1.64. The number of carbonyl (C=O) groups excluding carboxylic acids is 1. The minimum atomic E-state index is -0.208. The summed E-state index contributed by atoms with van der Waals surface area (Å²) in [5, 5.41) is 5.87. The molecule has 2 aromatic rings. The van der Waals surface area contributed by atoms with E-state index in [1.807, 2.05) is 54.6 Å². The van der Waals surface area contributed by atoms with Gasteiger partial charge < -0.3 is 15.4 Å². The van der Waals surface area contributed by atoms with Gasteiger partial charge in [0.05, 0.1) is 13.2 Å². The van der Waals surface area contributed by atoms with E-state index in [0.717, 1.165) is 17.0 Å². The molecular formula is C18H22N2O2. The molecule has 0 saturated carbocycles. The van der Waals surface area contributed by atoms with Gasteiger partial charge in [-0.3, -0.25) is 0 Å². The molecule has 0 radical (unpaired) electrons. The molecule has 0 spiro atoms. The summed E-state index contributed by atoms with van der Waals surface area (Å²) >= 11 is 0. The lowest BCUT2D eigenvalue weighted by Crippen LogP contribution is -2.35. The van der Waals surface area contributed by atoms with E-state index in [4.69, 9.17) is 4.74 Å². The van der Waals surface area contributed by atoms with Gasteiger partial charge in [-0.2, -0.15) is 0 Å². The molecule has 0 bridgehead atoms. The fourth-order valence-corrected chi connectivity index (χ4v) is 2.28. The zero-order chi connectivity index (χ0) is 15.9. The third kappa shape index (κ3) is 4.25. The number of methoxy groups -OCH3 is 1. The maximum absolute atomic E-state index is 12.2. The highest BCUT2D eigenvalue weighted by Crippen LogP contribution is 2.24.